The molecular weight excluding hydrogens is 391 g/mol. The molecule has 29 heavy (non-hydrogen) atoms. The monoisotopic (exact) mass is 414 g/mol. The number of hydrogen-bond acceptors (Lipinski definition) is 5. The van der Waals surface area contributed by atoms with Gasteiger partial charge >= 0.3 is 0 Å². The number of carbonyl (C=O) groups is 2. The number of nitriles is 1. The highest BCUT2D eigenvalue weighted by atomic mass is 32.1. The Morgan fingerprint density at radius 2 is 1.90 bits per heavy atom. The van der Waals surface area contributed by atoms with Crippen LogP contribution in [0.1, 0.15) is 35.3 Å². The zero-order valence-electron chi connectivity index (χ0n) is 16.3. The molecule has 2 N–H and O–H groups in total. The van der Waals surface area contributed by atoms with E-state index in [0.717, 1.165) is 37.7 Å². The third-order valence-corrected chi connectivity index (χ3v) is 5.93. The van der Waals surface area contributed by atoms with Crippen molar-refractivity contribution in [3.05, 3.63) is 46.1 Å². The van der Waals surface area contributed by atoms with E-state index >= 15 is 0 Å². The van der Waals surface area contributed by atoms with E-state index in [9.17, 15) is 19.2 Å². The molecule has 3 rings (SSSR count). The second-order valence-electron chi connectivity index (χ2n) is 7.16. The van der Waals surface area contributed by atoms with Crippen LogP contribution < -0.4 is 10.6 Å². The van der Waals surface area contributed by atoms with Crippen LogP contribution in [0.2, 0.25) is 0 Å². The summed E-state index contributed by atoms with van der Waals surface area (Å²) in [6.07, 6.45) is 5.16. The number of aryl methyl sites for hydroxylation is 1. The number of thiophene rings is 1. The number of halogens is 1. The van der Waals surface area contributed by atoms with E-state index < -0.39 is 5.82 Å². The fourth-order valence-corrected chi connectivity index (χ4v) is 4.68. The van der Waals surface area contributed by atoms with Crippen LogP contribution in [-0.2, 0) is 22.4 Å². The van der Waals surface area contributed by atoms with Gasteiger partial charge in [0.15, 0.2) is 0 Å². The SMILES string of the molecule is CN(CC(=O)Nc1cccc(F)c1)CC(=O)Nc1sc2c(c1C#N)CCCCC2. The minimum Gasteiger partial charge on any atom is -0.325 e. The summed E-state index contributed by atoms with van der Waals surface area (Å²) >= 11 is 1.48. The van der Waals surface area contributed by atoms with Crippen LogP contribution in [0, 0.1) is 17.1 Å². The molecule has 152 valence electrons. The van der Waals surface area contributed by atoms with Crippen molar-refractivity contribution in [2.24, 2.45) is 0 Å². The normalized spacial score (nSPS) is 13.3. The van der Waals surface area contributed by atoms with Crippen LogP contribution in [0.15, 0.2) is 24.3 Å². The van der Waals surface area contributed by atoms with E-state index in [2.05, 4.69) is 16.7 Å². The third kappa shape index (κ3) is 5.62. The number of rotatable bonds is 6. The molecule has 0 saturated heterocycles. The maximum atomic E-state index is 13.2. The van der Waals surface area contributed by atoms with Gasteiger partial charge in [0.05, 0.1) is 18.7 Å². The molecule has 2 amide bonds. The molecule has 0 spiro atoms. The largest absolute Gasteiger partial charge is 0.325 e. The lowest BCUT2D eigenvalue weighted by molar-refractivity contribution is -0.119. The van der Waals surface area contributed by atoms with Crippen LogP contribution in [0.3, 0.4) is 0 Å². The molecule has 0 radical (unpaired) electrons. The molecule has 6 nitrogen and oxygen atoms in total. The number of likely N-dealkylation sites (N-methyl/N-ethyl adjacent to an activating group) is 1. The Morgan fingerprint density at radius 3 is 2.62 bits per heavy atom. The Bertz CT molecular complexity index is 951. The second-order valence-corrected chi connectivity index (χ2v) is 8.26. The molecule has 0 fully saturated rings. The third-order valence-electron chi connectivity index (χ3n) is 4.72. The maximum absolute atomic E-state index is 13.2. The zero-order chi connectivity index (χ0) is 20.8. The van der Waals surface area contributed by atoms with Crippen molar-refractivity contribution in [3.8, 4) is 6.07 Å². The van der Waals surface area contributed by atoms with Crippen molar-refractivity contribution in [3.63, 3.8) is 0 Å². The van der Waals surface area contributed by atoms with Gasteiger partial charge in [-0.2, -0.15) is 5.26 Å². The molecular formula is C21H23FN4O2S. The molecule has 1 aromatic carbocycles. The summed E-state index contributed by atoms with van der Waals surface area (Å²) in [5.74, 6) is -1.05. The molecule has 1 aromatic heterocycles. The first-order valence-electron chi connectivity index (χ1n) is 9.54. The molecule has 0 bridgehead atoms. The topological polar surface area (TPSA) is 85.2 Å². The molecule has 0 aliphatic heterocycles. The van der Waals surface area contributed by atoms with Crippen molar-refractivity contribution in [1.82, 2.24) is 4.90 Å². The van der Waals surface area contributed by atoms with Crippen molar-refractivity contribution in [1.29, 1.82) is 5.26 Å². The summed E-state index contributed by atoms with van der Waals surface area (Å²) in [7, 11) is 1.65. The number of nitrogens with one attached hydrogen (secondary N) is 2. The Morgan fingerprint density at radius 1 is 1.17 bits per heavy atom. The molecule has 1 heterocycles. The van der Waals surface area contributed by atoms with Gasteiger partial charge in [-0.15, -0.1) is 11.3 Å². The minimum atomic E-state index is -0.432. The highest BCUT2D eigenvalue weighted by Gasteiger charge is 2.21. The van der Waals surface area contributed by atoms with Crippen molar-refractivity contribution in [2.45, 2.75) is 32.1 Å². The number of anilines is 2. The maximum Gasteiger partial charge on any atom is 0.239 e. The summed E-state index contributed by atoms with van der Waals surface area (Å²) < 4.78 is 13.2. The molecule has 2 aromatic rings. The first-order valence-corrected chi connectivity index (χ1v) is 10.4. The minimum absolute atomic E-state index is 0.00397. The molecule has 1 aliphatic carbocycles. The van der Waals surface area contributed by atoms with Crippen molar-refractivity contribution >= 4 is 33.8 Å². The van der Waals surface area contributed by atoms with E-state index in [1.807, 2.05) is 0 Å². The van der Waals surface area contributed by atoms with Gasteiger partial charge in [-0.3, -0.25) is 14.5 Å². The Kier molecular flexibility index (Phi) is 6.96. The Hall–Kier alpha value is -2.76. The number of nitrogens with zero attached hydrogens (tertiary/aromatic N) is 2. The van der Waals surface area contributed by atoms with Crippen molar-refractivity contribution < 1.29 is 14.0 Å². The van der Waals surface area contributed by atoms with E-state index in [1.165, 1.54) is 34.4 Å². The van der Waals surface area contributed by atoms with E-state index in [1.54, 1.807) is 18.0 Å². The lowest BCUT2D eigenvalue weighted by Gasteiger charge is -2.16. The van der Waals surface area contributed by atoms with E-state index in [0.29, 0.717) is 16.3 Å². The Balaban J connectivity index is 1.55. The molecule has 0 atom stereocenters. The summed E-state index contributed by atoms with van der Waals surface area (Å²) in [5, 5.41) is 15.6. The smallest absolute Gasteiger partial charge is 0.239 e. The molecule has 0 saturated carbocycles. The fraction of sp³-hybridized carbons (Fsp3) is 0.381. The lowest BCUT2D eigenvalue weighted by atomic mass is 10.1. The van der Waals surface area contributed by atoms with Gasteiger partial charge in [-0.1, -0.05) is 12.5 Å². The van der Waals surface area contributed by atoms with Crippen LogP contribution in [0.4, 0.5) is 15.1 Å². The summed E-state index contributed by atoms with van der Waals surface area (Å²) in [4.78, 5) is 27.3. The predicted molar refractivity (Wildman–Crippen MR) is 111 cm³/mol. The quantitative estimate of drug-likeness (QED) is 0.708. The van der Waals surface area contributed by atoms with Crippen LogP contribution in [0.5, 0.6) is 0 Å². The van der Waals surface area contributed by atoms with Crippen LogP contribution in [-0.4, -0.2) is 36.9 Å². The number of hydrogen-bond donors (Lipinski definition) is 2. The van der Waals surface area contributed by atoms with Gasteiger partial charge in [0.1, 0.15) is 16.9 Å². The summed E-state index contributed by atoms with van der Waals surface area (Å²) in [5.41, 5.74) is 2.02. The van der Waals surface area contributed by atoms with Crippen molar-refractivity contribution in [2.75, 3.05) is 30.8 Å². The number of amides is 2. The summed E-state index contributed by atoms with van der Waals surface area (Å²) in [6.45, 7) is -0.0139. The van der Waals surface area contributed by atoms with Gasteiger partial charge in [-0.05, 0) is 56.5 Å². The van der Waals surface area contributed by atoms with Gasteiger partial charge in [0.25, 0.3) is 0 Å². The van der Waals surface area contributed by atoms with E-state index in [4.69, 9.17) is 0 Å². The molecule has 0 unspecified atom stereocenters. The summed E-state index contributed by atoms with van der Waals surface area (Å²) in [6, 6.07) is 7.88. The number of fused-ring (bicyclic) bond motifs is 1. The first-order chi connectivity index (χ1) is 14.0. The zero-order valence-corrected chi connectivity index (χ0v) is 17.1. The van der Waals surface area contributed by atoms with Crippen LogP contribution >= 0.6 is 11.3 Å². The Labute approximate surface area is 173 Å². The van der Waals surface area contributed by atoms with Gasteiger partial charge < -0.3 is 10.6 Å². The molecule has 1 aliphatic rings. The van der Waals surface area contributed by atoms with Gasteiger partial charge in [-0.25, -0.2) is 4.39 Å². The average molecular weight is 415 g/mol. The average Bonchev–Trinajstić information content (AvgIpc) is 2.81. The number of carbonyl (C=O) groups excluding carboxylic acids is 2. The standard InChI is InChI=1S/C21H23FN4O2S/c1-26(12-19(27)24-15-7-5-6-14(22)10-15)13-20(28)25-21-17(11-23)16-8-3-2-4-9-18(16)29-21/h5-7,10H,2-4,8-9,12-13H2,1H3,(H,24,27)(H,25,28). The molecule has 8 heteroatoms. The van der Waals surface area contributed by atoms with Crippen LogP contribution in [0.25, 0.3) is 0 Å². The fourth-order valence-electron chi connectivity index (χ4n) is 3.43. The first kappa shape index (κ1) is 21.0. The highest BCUT2D eigenvalue weighted by Crippen LogP contribution is 2.36. The number of benzene rings is 1. The second kappa shape index (κ2) is 9.63. The predicted octanol–water partition coefficient (Wildman–Crippen LogP) is 3.54. The lowest BCUT2D eigenvalue weighted by Crippen LogP contribution is -2.36. The van der Waals surface area contributed by atoms with E-state index in [-0.39, 0.29) is 24.9 Å². The van der Waals surface area contributed by atoms with Gasteiger partial charge in [0, 0.05) is 10.6 Å². The van der Waals surface area contributed by atoms with Gasteiger partial charge in [0.2, 0.25) is 11.8 Å². The highest BCUT2D eigenvalue weighted by molar-refractivity contribution is 7.16.